The van der Waals surface area contributed by atoms with Crippen molar-refractivity contribution in [3.63, 3.8) is 0 Å². The lowest BCUT2D eigenvalue weighted by Gasteiger charge is -2.37. The van der Waals surface area contributed by atoms with Gasteiger partial charge in [-0.1, -0.05) is 133 Å². The van der Waals surface area contributed by atoms with Gasteiger partial charge in [0.1, 0.15) is 11.3 Å². The highest BCUT2D eigenvalue weighted by molar-refractivity contribution is 5.71. The number of aromatic nitrogens is 2. The number of benzene rings is 5. The molecule has 0 aliphatic carbocycles. The molecule has 0 saturated carbocycles. The molecule has 184 valence electrons. The Bertz CT molecular complexity index is 1530. The molecule has 0 fully saturated rings. The van der Waals surface area contributed by atoms with E-state index in [-0.39, 0.29) is 0 Å². The molecule has 3 heteroatoms. The van der Waals surface area contributed by atoms with Crippen LogP contribution in [0.4, 0.5) is 0 Å². The van der Waals surface area contributed by atoms with Gasteiger partial charge in [-0.05, 0) is 40.5 Å². The quantitative estimate of drug-likeness (QED) is 0.211. The number of hydrogen-bond acceptors (Lipinski definition) is 2. The van der Waals surface area contributed by atoms with Crippen LogP contribution in [0, 0.1) is 0 Å². The summed E-state index contributed by atoms with van der Waals surface area (Å²) in [7, 11) is 1.69. The molecule has 0 spiro atoms. The van der Waals surface area contributed by atoms with Crippen LogP contribution in [0.3, 0.4) is 0 Å². The van der Waals surface area contributed by atoms with Crippen molar-refractivity contribution in [2.45, 2.75) is 5.54 Å². The Morgan fingerprint density at radius 1 is 0.526 bits per heavy atom. The normalized spacial score (nSPS) is 11.3. The molecular weight excluding hydrogens is 464 g/mol. The molecule has 5 aromatic carbocycles. The molecule has 0 saturated heterocycles. The maximum atomic E-state index is 5.54. The lowest BCUT2D eigenvalue weighted by molar-refractivity contribution is 0.415. The van der Waals surface area contributed by atoms with Gasteiger partial charge in [-0.2, -0.15) is 5.10 Å². The molecule has 3 nitrogen and oxygen atoms in total. The van der Waals surface area contributed by atoms with E-state index in [1.165, 1.54) is 0 Å². The monoisotopic (exact) mass is 492 g/mol. The van der Waals surface area contributed by atoms with Crippen LogP contribution in [0.25, 0.3) is 22.5 Å². The fraction of sp³-hybridized carbons (Fsp3) is 0.0571. The van der Waals surface area contributed by atoms with Crippen molar-refractivity contribution in [2.24, 2.45) is 0 Å². The molecule has 0 radical (unpaired) electrons. The van der Waals surface area contributed by atoms with Crippen LogP contribution in [0.15, 0.2) is 152 Å². The summed E-state index contributed by atoms with van der Waals surface area (Å²) in [5.41, 5.74) is 6.70. The topological polar surface area (TPSA) is 27.1 Å². The van der Waals surface area contributed by atoms with Crippen LogP contribution >= 0.6 is 0 Å². The number of hydrogen-bond donors (Lipinski definition) is 0. The molecule has 1 aromatic heterocycles. The first kappa shape index (κ1) is 23.5. The van der Waals surface area contributed by atoms with Gasteiger partial charge in [-0.25, -0.2) is 4.68 Å². The van der Waals surface area contributed by atoms with Gasteiger partial charge in [-0.3, -0.25) is 0 Å². The van der Waals surface area contributed by atoms with Crippen molar-refractivity contribution < 1.29 is 4.74 Å². The van der Waals surface area contributed by atoms with Crippen molar-refractivity contribution in [2.75, 3.05) is 7.11 Å². The van der Waals surface area contributed by atoms with E-state index in [1.54, 1.807) is 7.11 Å². The number of rotatable bonds is 7. The molecular formula is C35H28N2O. The summed E-state index contributed by atoms with van der Waals surface area (Å²) in [6.45, 7) is 0. The van der Waals surface area contributed by atoms with Crippen LogP contribution in [-0.2, 0) is 5.54 Å². The second kappa shape index (κ2) is 10.2. The zero-order valence-corrected chi connectivity index (χ0v) is 21.2. The van der Waals surface area contributed by atoms with Crippen molar-refractivity contribution in [3.8, 4) is 28.3 Å². The first-order chi connectivity index (χ1) is 18.8. The smallest absolute Gasteiger partial charge is 0.138 e. The summed E-state index contributed by atoms with van der Waals surface area (Å²) in [6.07, 6.45) is 0. The zero-order chi connectivity index (χ0) is 25.8. The SMILES string of the molecule is COc1cccc(-c2cc(-c3ccccc3)n(C(c3ccccc3)(c3ccccc3)c3ccccc3)n2)c1. The summed E-state index contributed by atoms with van der Waals surface area (Å²) in [5.74, 6) is 0.804. The maximum absolute atomic E-state index is 5.54. The fourth-order valence-corrected chi connectivity index (χ4v) is 5.28. The van der Waals surface area contributed by atoms with E-state index in [2.05, 4.69) is 132 Å². The number of nitrogens with zero attached hydrogens (tertiary/aromatic N) is 2. The molecule has 1 heterocycles. The van der Waals surface area contributed by atoms with Gasteiger partial charge in [0.25, 0.3) is 0 Å². The predicted molar refractivity (Wildman–Crippen MR) is 154 cm³/mol. The van der Waals surface area contributed by atoms with Gasteiger partial charge in [0.15, 0.2) is 0 Å². The van der Waals surface area contributed by atoms with Gasteiger partial charge in [0.2, 0.25) is 0 Å². The summed E-state index contributed by atoms with van der Waals surface area (Å²) in [4.78, 5) is 0. The maximum Gasteiger partial charge on any atom is 0.138 e. The second-order valence-electron chi connectivity index (χ2n) is 9.23. The first-order valence-corrected chi connectivity index (χ1v) is 12.8. The molecule has 0 aliphatic rings. The third-order valence-corrected chi connectivity index (χ3v) is 7.04. The minimum Gasteiger partial charge on any atom is -0.497 e. The zero-order valence-electron chi connectivity index (χ0n) is 21.2. The molecule has 0 unspecified atom stereocenters. The minimum atomic E-state index is -0.716. The molecule has 6 rings (SSSR count). The first-order valence-electron chi connectivity index (χ1n) is 12.8. The van der Waals surface area contributed by atoms with E-state index >= 15 is 0 Å². The fourth-order valence-electron chi connectivity index (χ4n) is 5.28. The Hall–Kier alpha value is -4.89. The van der Waals surface area contributed by atoms with Gasteiger partial charge >= 0.3 is 0 Å². The van der Waals surface area contributed by atoms with Crippen LogP contribution < -0.4 is 4.74 Å². The highest BCUT2D eigenvalue weighted by atomic mass is 16.5. The largest absolute Gasteiger partial charge is 0.497 e. The number of ether oxygens (including phenoxy) is 1. The minimum absolute atomic E-state index is 0.716. The molecule has 0 bridgehead atoms. The average molecular weight is 493 g/mol. The van der Waals surface area contributed by atoms with Crippen LogP contribution in [0.1, 0.15) is 16.7 Å². The van der Waals surface area contributed by atoms with E-state index in [4.69, 9.17) is 9.84 Å². The van der Waals surface area contributed by atoms with Crippen molar-refractivity contribution in [3.05, 3.63) is 168 Å². The average Bonchev–Trinajstić information content (AvgIpc) is 3.46. The van der Waals surface area contributed by atoms with Crippen molar-refractivity contribution >= 4 is 0 Å². The van der Waals surface area contributed by atoms with Crippen molar-refractivity contribution in [1.29, 1.82) is 0 Å². The highest BCUT2D eigenvalue weighted by Gasteiger charge is 2.41. The Morgan fingerprint density at radius 2 is 1.00 bits per heavy atom. The summed E-state index contributed by atoms with van der Waals surface area (Å²) in [6, 6.07) is 52.7. The van der Waals surface area contributed by atoms with E-state index in [1.807, 2.05) is 24.3 Å². The second-order valence-corrected chi connectivity index (χ2v) is 9.23. The molecule has 0 atom stereocenters. The van der Waals surface area contributed by atoms with Gasteiger partial charge in [0, 0.05) is 5.56 Å². The summed E-state index contributed by atoms with van der Waals surface area (Å²) < 4.78 is 7.74. The highest BCUT2D eigenvalue weighted by Crippen LogP contribution is 2.44. The van der Waals surface area contributed by atoms with Gasteiger partial charge in [0.05, 0.1) is 18.5 Å². The predicted octanol–water partition coefficient (Wildman–Crippen LogP) is 8.07. The van der Waals surface area contributed by atoms with Crippen molar-refractivity contribution in [1.82, 2.24) is 9.78 Å². The Balaban J connectivity index is 1.75. The molecule has 38 heavy (non-hydrogen) atoms. The molecule has 0 N–H and O–H groups in total. The van der Waals surface area contributed by atoms with Crippen LogP contribution in [0.2, 0.25) is 0 Å². The lowest BCUT2D eigenvalue weighted by atomic mass is 9.76. The van der Waals surface area contributed by atoms with Gasteiger partial charge < -0.3 is 4.74 Å². The number of methoxy groups -OCH3 is 1. The molecule has 0 aliphatic heterocycles. The Kier molecular flexibility index (Phi) is 6.33. The third-order valence-electron chi connectivity index (χ3n) is 7.04. The van der Waals surface area contributed by atoms with E-state index in [0.717, 1.165) is 45.0 Å². The van der Waals surface area contributed by atoms with Crippen LogP contribution in [-0.4, -0.2) is 16.9 Å². The Labute approximate surface area is 223 Å². The van der Waals surface area contributed by atoms with Gasteiger partial charge in [-0.15, -0.1) is 0 Å². The van der Waals surface area contributed by atoms with E-state index in [9.17, 15) is 0 Å². The van der Waals surface area contributed by atoms with E-state index < -0.39 is 5.54 Å². The molecule has 0 amide bonds. The third kappa shape index (κ3) is 4.08. The lowest BCUT2D eigenvalue weighted by Crippen LogP contribution is -2.39. The standard InChI is InChI=1S/C35H28N2O/c1-38-32-24-14-17-28(25-32)33-26-34(27-15-6-2-7-16-27)37(36-33)35(29-18-8-3-9-19-29,30-20-10-4-11-21-30)31-22-12-5-13-23-31/h2-26H,1H3. The van der Waals surface area contributed by atoms with E-state index in [0.29, 0.717) is 0 Å². The van der Waals surface area contributed by atoms with Crippen LogP contribution in [0.5, 0.6) is 5.75 Å². The summed E-state index contributed by atoms with van der Waals surface area (Å²) >= 11 is 0. The Morgan fingerprint density at radius 3 is 1.50 bits per heavy atom. The summed E-state index contributed by atoms with van der Waals surface area (Å²) in [5, 5.41) is 5.40. The molecule has 6 aromatic rings.